The number of hydrogen-bond donors (Lipinski definition) is 4. The molecule has 5 rings (SSSR count). The molecule has 1 saturated heterocycles. The summed E-state index contributed by atoms with van der Waals surface area (Å²) >= 11 is 0. The van der Waals surface area contributed by atoms with Gasteiger partial charge in [0.15, 0.2) is 5.76 Å². The molecule has 10 heteroatoms. The van der Waals surface area contributed by atoms with Gasteiger partial charge in [-0.3, -0.25) is 24.0 Å². The average Bonchev–Trinajstić information content (AvgIpc) is 3.39. The molecule has 0 unspecified atom stereocenters. The molecule has 2 fully saturated rings. The molecule has 2 aromatic carbocycles. The second kappa shape index (κ2) is 15.2. The number of carbonyl (C=O) groups is 5. The summed E-state index contributed by atoms with van der Waals surface area (Å²) in [6, 6.07) is 12.7. The van der Waals surface area contributed by atoms with Gasteiger partial charge in [0.05, 0.1) is 6.04 Å². The van der Waals surface area contributed by atoms with Gasteiger partial charge in [-0.05, 0) is 63.1 Å². The van der Waals surface area contributed by atoms with E-state index < -0.39 is 41.5 Å². The molecular formula is C36H44N4O6. The van der Waals surface area contributed by atoms with Crippen molar-refractivity contribution in [2.24, 2.45) is 11.8 Å². The third kappa shape index (κ3) is 8.21. The van der Waals surface area contributed by atoms with Gasteiger partial charge in [-0.2, -0.15) is 0 Å². The van der Waals surface area contributed by atoms with E-state index in [9.17, 15) is 24.0 Å². The van der Waals surface area contributed by atoms with E-state index >= 15 is 0 Å². The summed E-state index contributed by atoms with van der Waals surface area (Å²) in [6.07, 6.45) is 6.78. The van der Waals surface area contributed by atoms with Crippen molar-refractivity contribution in [2.45, 2.75) is 90.3 Å². The summed E-state index contributed by atoms with van der Waals surface area (Å²) in [5, 5.41) is 12.0. The molecule has 2 aliphatic rings. The Labute approximate surface area is 269 Å². The van der Waals surface area contributed by atoms with E-state index in [0.29, 0.717) is 30.5 Å². The van der Waals surface area contributed by atoms with E-state index in [0.717, 1.165) is 55.0 Å². The van der Waals surface area contributed by atoms with Gasteiger partial charge in [0, 0.05) is 30.0 Å². The van der Waals surface area contributed by atoms with Crippen LogP contribution in [0.4, 0.5) is 0 Å². The van der Waals surface area contributed by atoms with Crippen LogP contribution in [0.1, 0.15) is 85.0 Å². The lowest BCUT2D eigenvalue weighted by molar-refractivity contribution is -0.141. The lowest BCUT2D eigenvalue weighted by Gasteiger charge is -2.29. The smallest absolute Gasteiger partial charge is 0.289 e. The van der Waals surface area contributed by atoms with E-state index in [1.807, 2.05) is 62.4 Å². The monoisotopic (exact) mass is 628 g/mol. The Balaban J connectivity index is 1.35. The molecule has 3 aromatic rings. The molecule has 4 N–H and O–H groups in total. The Morgan fingerprint density at radius 3 is 2.39 bits per heavy atom. The van der Waals surface area contributed by atoms with Crippen molar-refractivity contribution < 1.29 is 28.4 Å². The van der Waals surface area contributed by atoms with Crippen molar-refractivity contribution in [2.75, 3.05) is 6.54 Å². The third-order valence-electron chi connectivity index (χ3n) is 9.29. The summed E-state index contributed by atoms with van der Waals surface area (Å²) in [5.74, 6) is -3.12. The third-order valence-corrected chi connectivity index (χ3v) is 9.29. The van der Waals surface area contributed by atoms with Crippen molar-refractivity contribution in [3.05, 3.63) is 71.0 Å². The number of nitrogens with one attached hydrogen (secondary N) is 4. The first kappa shape index (κ1) is 32.9. The van der Waals surface area contributed by atoms with Crippen molar-refractivity contribution in [1.82, 2.24) is 21.3 Å². The predicted octanol–water partition coefficient (Wildman–Crippen LogP) is 4.41. The maximum Gasteiger partial charge on any atom is 0.289 e. The Kier molecular flexibility index (Phi) is 10.9. The van der Waals surface area contributed by atoms with Gasteiger partial charge in [-0.1, -0.05) is 74.1 Å². The minimum absolute atomic E-state index is 0.0126. The maximum absolute atomic E-state index is 14.0. The van der Waals surface area contributed by atoms with Gasteiger partial charge in [-0.15, -0.1) is 0 Å². The zero-order valence-corrected chi connectivity index (χ0v) is 26.7. The number of amides is 4. The van der Waals surface area contributed by atoms with Gasteiger partial charge in [-0.25, -0.2) is 0 Å². The Morgan fingerprint density at radius 1 is 0.891 bits per heavy atom. The highest BCUT2D eigenvalue weighted by Gasteiger charge is 2.36. The first-order chi connectivity index (χ1) is 22.2. The van der Waals surface area contributed by atoms with E-state index in [-0.39, 0.29) is 30.6 Å². The summed E-state index contributed by atoms with van der Waals surface area (Å²) in [4.78, 5) is 66.9. The number of ketones is 1. The van der Waals surface area contributed by atoms with Crippen LogP contribution >= 0.6 is 0 Å². The molecule has 1 saturated carbocycles. The van der Waals surface area contributed by atoms with Gasteiger partial charge >= 0.3 is 0 Å². The number of carbonyl (C=O) groups excluding carboxylic acids is 5. The molecule has 0 radical (unpaired) electrons. The minimum atomic E-state index is -1.24. The minimum Gasteiger partial charge on any atom is -0.451 e. The number of hydrogen-bond acceptors (Lipinski definition) is 6. The number of fused-ring (bicyclic) bond motifs is 1. The van der Waals surface area contributed by atoms with Gasteiger partial charge in [0.25, 0.3) is 11.8 Å². The molecule has 4 amide bonds. The standard InChI is InChI=1S/C36H44N4O6/c1-22-15-16-30-27(18-22)23(2)32(46-30)36(45)40-29(19-24-10-5-3-6-11-24)34(43)39-28(20-26-14-9-17-37-33(26)42)31(41)35(44)38-21-25-12-7-4-8-13-25/h4,7-8,12-13,15-16,18,24,26,28-29H,3,5-6,9-11,14,17,19-21H2,1-2H3,(H,37,42)(H,38,44)(H,39,43)(H,40,45)/t26-,28-,29-/m0/s1. The Hall–Kier alpha value is -4.47. The number of Topliss-reactive ketones (excluding diaryl/α,β-unsaturated/α-hetero) is 1. The van der Waals surface area contributed by atoms with Crippen LogP contribution < -0.4 is 21.3 Å². The fraction of sp³-hybridized carbons (Fsp3) is 0.472. The van der Waals surface area contributed by atoms with Crippen LogP contribution in [0.2, 0.25) is 0 Å². The van der Waals surface area contributed by atoms with Crippen LogP contribution in [0.15, 0.2) is 52.9 Å². The van der Waals surface area contributed by atoms with E-state index in [4.69, 9.17) is 4.42 Å². The molecule has 1 aromatic heterocycles. The SMILES string of the molecule is Cc1ccc2oc(C(=O)N[C@@H](CC3CCCCC3)C(=O)N[C@@H](C[C@@H]3CCCNC3=O)C(=O)C(=O)NCc3ccccc3)c(C)c2c1. The maximum atomic E-state index is 14.0. The molecule has 0 bridgehead atoms. The topological polar surface area (TPSA) is 147 Å². The molecule has 244 valence electrons. The highest BCUT2D eigenvalue weighted by atomic mass is 16.3. The second-order valence-corrected chi connectivity index (χ2v) is 12.8. The van der Waals surface area contributed by atoms with Crippen LogP contribution in [0.3, 0.4) is 0 Å². The van der Waals surface area contributed by atoms with E-state index in [2.05, 4.69) is 21.3 Å². The lowest BCUT2D eigenvalue weighted by Crippen LogP contribution is -2.55. The van der Waals surface area contributed by atoms with Crippen molar-refractivity contribution in [3.63, 3.8) is 0 Å². The summed E-state index contributed by atoms with van der Waals surface area (Å²) < 4.78 is 5.92. The number of furan rings is 1. The molecule has 1 aliphatic heterocycles. The summed E-state index contributed by atoms with van der Waals surface area (Å²) in [7, 11) is 0. The average molecular weight is 629 g/mol. The van der Waals surface area contributed by atoms with Gasteiger partial charge in [0.2, 0.25) is 17.6 Å². The predicted molar refractivity (Wildman–Crippen MR) is 174 cm³/mol. The highest BCUT2D eigenvalue weighted by Crippen LogP contribution is 2.29. The number of piperidine rings is 1. The molecule has 0 spiro atoms. The highest BCUT2D eigenvalue weighted by molar-refractivity contribution is 6.38. The van der Waals surface area contributed by atoms with Gasteiger partial charge in [0.1, 0.15) is 11.6 Å². The van der Waals surface area contributed by atoms with Gasteiger partial charge < -0.3 is 25.7 Å². The zero-order valence-electron chi connectivity index (χ0n) is 26.7. The van der Waals surface area contributed by atoms with Crippen molar-refractivity contribution in [3.8, 4) is 0 Å². The van der Waals surface area contributed by atoms with Crippen LogP contribution in [-0.2, 0) is 25.7 Å². The first-order valence-electron chi connectivity index (χ1n) is 16.4. The van der Waals surface area contributed by atoms with E-state index in [1.165, 1.54) is 0 Å². The lowest BCUT2D eigenvalue weighted by atomic mass is 9.84. The molecular weight excluding hydrogens is 584 g/mol. The molecule has 46 heavy (non-hydrogen) atoms. The molecule has 1 aliphatic carbocycles. The fourth-order valence-electron chi connectivity index (χ4n) is 6.64. The zero-order chi connectivity index (χ0) is 32.6. The molecule has 3 atom stereocenters. The van der Waals surface area contributed by atoms with Crippen LogP contribution in [0.25, 0.3) is 11.0 Å². The van der Waals surface area contributed by atoms with Crippen LogP contribution in [0, 0.1) is 25.7 Å². The first-order valence-corrected chi connectivity index (χ1v) is 16.4. The number of aryl methyl sites for hydroxylation is 2. The number of benzene rings is 2. The van der Waals surface area contributed by atoms with Crippen molar-refractivity contribution in [1.29, 1.82) is 0 Å². The second-order valence-electron chi connectivity index (χ2n) is 12.8. The summed E-state index contributed by atoms with van der Waals surface area (Å²) in [6.45, 7) is 4.47. The normalized spacial score (nSPS) is 18.3. The fourth-order valence-corrected chi connectivity index (χ4v) is 6.64. The van der Waals surface area contributed by atoms with Crippen LogP contribution in [-0.4, -0.2) is 48.0 Å². The summed E-state index contributed by atoms with van der Waals surface area (Å²) in [5.41, 5.74) is 3.12. The largest absolute Gasteiger partial charge is 0.451 e. The number of rotatable bonds is 12. The van der Waals surface area contributed by atoms with Crippen LogP contribution in [0.5, 0.6) is 0 Å². The Morgan fingerprint density at radius 2 is 1.65 bits per heavy atom. The molecule has 10 nitrogen and oxygen atoms in total. The van der Waals surface area contributed by atoms with Crippen molar-refractivity contribution >= 4 is 40.4 Å². The van der Waals surface area contributed by atoms with E-state index in [1.54, 1.807) is 0 Å². The molecule has 2 heterocycles. The quantitative estimate of drug-likeness (QED) is 0.219. The Bertz CT molecular complexity index is 1580.